The summed E-state index contributed by atoms with van der Waals surface area (Å²) in [5.41, 5.74) is 2.27. The topological polar surface area (TPSA) is 9.23 Å². The van der Waals surface area contributed by atoms with Crippen LogP contribution in [0.4, 0.5) is 0 Å². The van der Waals surface area contributed by atoms with E-state index in [-0.39, 0.29) is 0 Å². The molecule has 0 N–H and O–H groups in total. The molecule has 0 spiro atoms. The highest BCUT2D eigenvalue weighted by Crippen LogP contribution is 2.00. The number of hydrogen-bond donors (Lipinski definition) is 0. The zero-order valence-electron chi connectivity index (χ0n) is 8.42. The first-order chi connectivity index (χ1) is 6.83. The predicted octanol–water partition coefficient (Wildman–Crippen LogP) is 2.55. The molecule has 0 aliphatic rings. The van der Waals surface area contributed by atoms with E-state index in [9.17, 15) is 0 Å². The molecule has 0 aliphatic heterocycles. The van der Waals surface area contributed by atoms with Gasteiger partial charge in [-0.25, -0.2) is 0 Å². The van der Waals surface area contributed by atoms with Crippen molar-refractivity contribution in [3.05, 3.63) is 48.0 Å². The molecule has 72 valence electrons. The van der Waals surface area contributed by atoms with Crippen molar-refractivity contribution in [1.29, 1.82) is 0 Å². The second-order valence-electron chi connectivity index (χ2n) is 2.97. The molecule has 0 fully saturated rings. The minimum absolute atomic E-state index is 0.458. The summed E-state index contributed by atoms with van der Waals surface area (Å²) < 4.78 is 5.14. The number of hydrogen-bond acceptors (Lipinski definition) is 1. The monoisotopic (exact) mass is 186 g/mol. The minimum Gasteiger partial charge on any atom is -0.365 e. The van der Waals surface area contributed by atoms with Crippen molar-refractivity contribution in [2.24, 2.45) is 0 Å². The van der Waals surface area contributed by atoms with Crippen LogP contribution < -0.4 is 0 Å². The predicted molar refractivity (Wildman–Crippen MR) is 59.1 cm³/mol. The van der Waals surface area contributed by atoms with Gasteiger partial charge in [0.2, 0.25) is 0 Å². The van der Waals surface area contributed by atoms with Gasteiger partial charge in [0.1, 0.15) is 6.61 Å². The van der Waals surface area contributed by atoms with Gasteiger partial charge in [-0.15, -0.1) is 6.58 Å². The van der Waals surface area contributed by atoms with Gasteiger partial charge in [-0.3, -0.25) is 0 Å². The molecular weight excluding hydrogens is 172 g/mol. The van der Waals surface area contributed by atoms with Gasteiger partial charge >= 0.3 is 0 Å². The van der Waals surface area contributed by atoms with Gasteiger partial charge in [-0.2, -0.15) is 0 Å². The Bertz CT molecular complexity index is 338. The van der Waals surface area contributed by atoms with E-state index < -0.39 is 0 Å². The summed E-state index contributed by atoms with van der Waals surface area (Å²) in [4.78, 5) is 0. The van der Waals surface area contributed by atoms with Crippen LogP contribution in [0.1, 0.15) is 11.1 Å². The lowest BCUT2D eigenvalue weighted by Crippen LogP contribution is -1.89. The van der Waals surface area contributed by atoms with Crippen LogP contribution >= 0.6 is 0 Å². The molecule has 14 heavy (non-hydrogen) atoms. The lowest BCUT2D eigenvalue weighted by atomic mass is 10.2. The lowest BCUT2D eigenvalue weighted by molar-refractivity contribution is 0.199. The van der Waals surface area contributed by atoms with Gasteiger partial charge in [0.25, 0.3) is 0 Å². The first-order valence-electron chi connectivity index (χ1n) is 4.57. The maximum atomic E-state index is 5.14. The van der Waals surface area contributed by atoms with E-state index in [0.717, 1.165) is 5.56 Å². The average molecular weight is 186 g/mol. The van der Waals surface area contributed by atoms with Crippen molar-refractivity contribution in [3.8, 4) is 11.8 Å². The van der Waals surface area contributed by atoms with Crippen molar-refractivity contribution in [2.75, 3.05) is 13.2 Å². The van der Waals surface area contributed by atoms with Crippen LogP contribution in [0, 0.1) is 18.8 Å². The normalized spacial score (nSPS) is 8.93. The summed E-state index contributed by atoms with van der Waals surface area (Å²) in [6, 6.07) is 8.12. The number of rotatable bonds is 3. The highest BCUT2D eigenvalue weighted by molar-refractivity contribution is 5.35. The van der Waals surface area contributed by atoms with E-state index in [0.29, 0.717) is 13.2 Å². The lowest BCUT2D eigenvalue weighted by Gasteiger charge is -1.92. The number of ether oxygens (including phenoxy) is 1. The van der Waals surface area contributed by atoms with Crippen LogP contribution in [0.3, 0.4) is 0 Å². The Morgan fingerprint density at radius 3 is 2.71 bits per heavy atom. The fourth-order valence-electron chi connectivity index (χ4n) is 0.968. The summed E-state index contributed by atoms with van der Waals surface area (Å²) >= 11 is 0. The zero-order valence-corrected chi connectivity index (χ0v) is 8.42. The summed E-state index contributed by atoms with van der Waals surface area (Å²) in [6.07, 6.45) is 1.72. The van der Waals surface area contributed by atoms with Gasteiger partial charge in [0.05, 0.1) is 6.61 Å². The van der Waals surface area contributed by atoms with Crippen molar-refractivity contribution in [3.63, 3.8) is 0 Å². The molecular formula is C13H14O. The minimum atomic E-state index is 0.458. The van der Waals surface area contributed by atoms with Crippen molar-refractivity contribution in [1.82, 2.24) is 0 Å². The smallest absolute Gasteiger partial charge is 0.108 e. The molecule has 1 nitrogen and oxygen atoms in total. The third-order valence-electron chi connectivity index (χ3n) is 1.69. The SMILES string of the molecule is C=CCOCC#Cc1ccc(C)cc1. The molecule has 1 heteroatoms. The Labute approximate surface area is 85.4 Å². The maximum absolute atomic E-state index is 5.14. The summed E-state index contributed by atoms with van der Waals surface area (Å²) in [5, 5.41) is 0. The van der Waals surface area contributed by atoms with E-state index in [1.807, 2.05) is 12.1 Å². The standard InChI is InChI=1S/C13H14O/c1-3-10-14-11-4-5-13-8-6-12(2)7-9-13/h3,6-9H,1,10-11H2,2H3. The molecule has 0 radical (unpaired) electrons. The molecule has 1 rings (SSSR count). The van der Waals surface area contributed by atoms with Gasteiger partial charge in [-0.05, 0) is 19.1 Å². The molecule has 0 bridgehead atoms. The Hall–Kier alpha value is -1.52. The van der Waals surface area contributed by atoms with Crippen LogP contribution in [0.25, 0.3) is 0 Å². The Morgan fingerprint density at radius 1 is 1.36 bits per heavy atom. The summed E-state index contributed by atoms with van der Waals surface area (Å²) in [7, 11) is 0. The van der Waals surface area contributed by atoms with Crippen molar-refractivity contribution >= 4 is 0 Å². The first kappa shape index (κ1) is 10.6. The van der Waals surface area contributed by atoms with E-state index in [1.54, 1.807) is 6.08 Å². The Balaban J connectivity index is 2.43. The van der Waals surface area contributed by atoms with Crippen molar-refractivity contribution in [2.45, 2.75) is 6.92 Å². The zero-order chi connectivity index (χ0) is 10.2. The largest absolute Gasteiger partial charge is 0.365 e. The molecule has 0 amide bonds. The van der Waals surface area contributed by atoms with Crippen molar-refractivity contribution < 1.29 is 4.74 Å². The molecule has 0 aromatic heterocycles. The third-order valence-corrected chi connectivity index (χ3v) is 1.69. The molecule has 0 aliphatic carbocycles. The highest BCUT2D eigenvalue weighted by atomic mass is 16.5. The van der Waals surface area contributed by atoms with Crippen LogP contribution in [0.15, 0.2) is 36.9 Å². The van der Waals surface area contributed by atoms with E-state index >= 15 is 0 Å². The van der Waals surface area contributed by atoms with Crippen LogP contribution in [0.2, 0.25) is 0 Å². The van der Waals surface area contributed by atoms with Gasteiger partial charge in [0, 0.05) is 5.56 Å². The average Bonchev–Trinajstić information content (AvgIpc) is 2.21. The quantitative estimate of drug-likeness (QED) is 0.400. The molecule has 1 aromatic rings. The molecule has 0 saturated carbocycles. The summed E-state index contributed by atoms with van der Waals surface area (Å²) in [6.45, 7) is 6.63. The second kappa shape index (κ2) is 6.01. The third kappa shape index (κ3) is 3.93. The molecule has 1 aromatic carbocycles. The maximum Gasteiger partial charge on any atom is 0.108 e. The Kier molecular flexibility index (Phi) is 4.54. The van der Waals surface area contributed by atoms with Gasteiger partial charge in [0.15, 0.2) is 0 Å². The van der Waals surface area contributed by atoms with Crippen LogP contribution in [0.5, 0.6) is 0 Å². The van der Waals surface area contributed by atoms with E-state index in [1.165, 1.54) is 5.56 Å². The second-order valence-corrected chi connectivity index (χ2v) is 2.97. The van der Waals surface area contributed by atoms with Gasteiger partial charge < -0.3 is 4.74 Å². The fourth-order valence-corrected chi connectivity index (χ4v) is 0.968. The number of aryl methyl sites for hydroxylation is 1. The van der Waals surface area contributed by atoms with E-state index in [4.69, 9.17) is 4.74 Å². The molecule has 0 unspecified atom stereocenters. The first-order valence-corrected chi connectivity index (χ1v) is 4.57. The fraction of sp³-hybridized carbons (Fsp3) is 0.231. The summed E-state index contributed by atoms with van der Waals surface area (Å²) in [5.74, 6) is 5.96. The molecule has 0 saturated heterocycles. The number of benzene rings is 1. The van der Waals surface area contributed by atoms with Crippen LogP contribution in [-0.2, 0) is 4.74 Å². The highest BCUT2D eigenvalue weighted by Gasteiger charge is 1.85. The van der Waals surface area contributed by atoms with Gasteiger partial charge in [-0.1, -0.05) is 35.6 Å². The Morgan fingerprint density at radius 2 is 2.07 bits per heavy atom. The molecule has 0 atom stereocenters. The van der Waals surface area contributed by atoms with E-state index in [2.05, 4.69) is 37.5 Å². The van der Waals surface area contributed by atoms with Crippen LogP contribution in [-0.4, -0.2) is 13.2 Å². The molecule has 0 heterocycles.